The lowest BCUT2D eigenvalue weighted by atomic mass is 9.96. The Morgan fingerprint density at radius 1 is 0.926 bits per heavy atom. The summed E-state index contributed by atoms with van der Waals surface area (Å²) in [5.41, 5.74) is 2.23. The lowest BCUT2D eigenvalue weighted by Gasteiger charge is -2.17. The Morgan fingerprint density at radius 3 is 2.22 bits per heavy atom. The van der Waals surface area contributed by atoms with Gasteiger partial charge in [-0.2, -0.15) is 0 Å². The van der Waals surface area contributed by atoms with E-state index in [2.05, 4.69) is 22.8 Å². The molecule has 144 valence electrons. The van der Waals surface area contributed by atoms with E-state index in [4.69, 9.17) is 14.2 Å². The lowest BCUT2D eigenvalue weighted by molar-refractivity contribution is 0.239. The van der Waals surface area contributed by atoms with Crippen LogP contribution in [0, 0.1) is 0 Å². The van der Waals surface area contributed by atoms with Gasteiger partial charge in [0.25, 0.3) is 0 Å². The van der Waals surface area contributed by atoms with Gasteiger partial charge in [-0.25, -0.2) is 4.79 Å². The highest BCUT2D eigenvalue weighted by Gasteiger charge is 2.44. The third-order valence-corrected chi connectivity index (χ3v) is 5.04. The van der Waals surface area contributed by atoms with Crippen LogP contribution in [0.2, 0.25) is 0 Å². The normalized spacial score (nSPS) is 14.2. The Balaban J connectivity index is 1.51. The van der Waals surface area contributed by atoms with Crippen LogP contribution in [0.1, 0.15) is 24.0 Å². The van der Waals surface area contributed by atoms with Crippen LogP contribution in [0.4, 0.5) is 4.79 Å². The largest absolute Gasteiger partial charge is 0.497 e. The molecule has 27 heavy (non-hydrogen) atoms. The zero-order valence-corrected chi connectivity index (χ0v) is 16.0. The van der Waals surface area contributed by atoms with E-state index in [1.807, 2.05) is 30.3 Å². The number of rotatable bonds is 8. The summed E-state index contributed by atoms with van der Waals surface area (Å²) >= 11 is 0. The molecule has 0 saturated heterocycles. The van der Waals surface area contributed by atoms with Crippen LogP contribution in [0.3, 0.4) is 0 Å². The first-order chi connectivity index (χ1) is 13.1. The predicted molar refractivity (Wildman–Crippen MR) is 104 cm³/mol. The number of methoxy groups -OCH3 is 3. The highest BCUT2D eigenvalue weighted by molar-refractivity contribution is 5.74. The summed E-state index contributed by atoms with van der Waals surface area (Å²) in [4.78, 5) is 12.2. The molecular weight excluding hydrogens is 344 g/mol. The molecule has 0 heterocycles. The van der Waals surface area contributed by atoms with Gasteiger partial charge < -0.3 is 24.8 Å². The number of amides is 2. The van der Waals surface area contributed by atoms with Crippen LogP contribution < -0.4 is 24.8 Å². The molecule has 6 nitrogen and oxygen atoms in total. The van der Waals surface area contributed by atoms with Gasteiger partial charge in [0.2, 0.25) is 0 Å². The maximum Gasteiger partial charge on any atom is 0.315 e. The second kappa shape index (κ2) is 8.20. The van der Waals surface area contributed by atoms with E-state index in [9.17, 15) is 4.79 Å². The Hall–Kier alpha value is -2.89. The second-order valence-corrected chi connectivity index (χ2v) is 6.73. The molecule has 0 aromatic heterocycles. The molecule has 1 aliphatic rings. The van der Waals surface area contributed by atoms with Crippen LogP contribution in [0.25, 0.3) is 0 Å². The number of ether oxygens (including phenoxy) is 3. The molecule has 3 rings (SSSR count). The molecule has 2 N–H and O–H groups in total. The van der Waals surface area contributed by atoms with Crippen molar-refractivity contribution >= 4 is 6.03 Å². The molecule has 0 atom stereocenters. The molecule has 0 spiro atoms. The van der Waals surface area contributed by atoms with Crippen LogP contribution >= 0.6 is 0 Å². The third kappa shape index (κ3) is 4.45. The molecule has 0 unspecified atom stereocenters. The van der Waals surface area contributed by atoms with Gasteiger partial charge in [0.05, 0.1) is 21.3 Å². The van der Waals surface area contributed by atoms with Crippen molar-refractivity contribution < 1.29 is 19.0 Å². The number of hydrogen-bond donors (Lipinski definition) is 2. The first kappa shape index (κ1) is 18.9. The predicted octanol–water partition coefficient (Wildman–Crippen LogP) is 3.24. The minimum absolute atomic E-state index is 0.0486. The molecule has 2 aromatic carbocycles. The molecule has 0 bridgehead atoms. The first-order valence-electron chi connectivity index (χ1n) is 8.97. The van der Waals surface area contributed by atoms with Gasteiger partial charge in [0, 0.05) is 18.5 Å². The van der Waals surface area contributed by atoms with Crippen LogP contribution in [-0.4, -0.2) is 33.9 Å². The molecule has 6 heteroatoms. The molecule has 1 fully saturated rings. The summed E-state index contributed by atoms with van der Waals surface area (Å²) < 4.78 is 15.7. The van der Waals surface area contributed by atoms with E-state index < -0.39 is 0 Å². The Morgan fingerprint density at radius 2 is 1.63 bits per heavy atom. The molecule has 2 aromatic rings. The zero-order chi connectivity index (χ0) is 19.3. The van der Waals surface area contributed by atoms with E-state index in [1.54, 1.807) is 21.3 Å². The van der Waals surface area contributed by atoms with Crippen molar-refractivity contribution in [1.82, 2.24) is 10.6 Å². The Kier molecular flexibility index (Phi) is 5.74. The van der Waals surface area contributed by atoms with Gasteiger partial charge in [0.15, 0.2) is 11.5 Å². The minimum Gasteiger partial charge on any atom is -0.497 e. The summed E-state index contributed by atoms with van der Waals surface area (Å²) in [5.74, 6) is 2.16. The number of carbonyl (C=O) groups excluding carboxylic acids is 1. The highest BCUT2D eigenvalue weighted by Crippen LogP contribution is 2.47. The Bertz CT molecular complexity index is 785. The highest BCUT2D eigenvalue weighted by atomic mass is 16.5. The first-order valence-corrected chi connectivity index (χ1v) is 8.97. The van der Waals surface area contributed by atoms with E-state index in [0.717, 1.165) is 24.2 Å². The molecule has 1 saturated carbocycles. The number of hydrogen-bond acceptors (Lipinski definition) is 4. The number of carbonyl (C=O) groups is 1. The standard InChI is InChI=1S/C21H26N2O4/c1-25-17-7-5-16(6-8-17)21(10-11-21)14-23-20(24)22-13-15-4-9-18(26-2)19(12-15)27-3/h4-9,12H,10-11,13-14H2,1-3H3,(H2,22,23,24). The van der Waals surface area contributed by atoms with Crippen molar-refractivity contribution in [2.75, 3.05) is 27.9 Å². The van der Waals surface area contributed by atoms with Gasteiger partial charge >= 0.3 is 6.03 Å². The molecule has 0 aliphatic heterocycles. The number of nitrogens with one attached hydrogen (secondary N) is 2. The third-order valence-electron chi connectivity index (χ3n) is 5.04. The van der Waals surface area contributed by atoms with Gasteiger partial charge in [0.1, 0.15) is 5.75 Å². The smallest absolute Gasteiger partial charge is 0.315 e. The van der Waals surface area contributed by atoms with Gasteiger partial charge in [-0.05, 0) is 48.2 Å². The number of urea groups is 1. The van der Waals surface area contributed by atoms with Crippen molar-refractivity contribution in [3.8, 4) is 17.2 Å². The lowest BCUT2D eigenvalue weighted by Crippen LogP contribution is -2.39. The summed E-state index contributed by atoms with van der Waals surface area (Å²) in [7, 11) is 4.85. The van der Waals surface area contributed by atoms with Crippen molar-refractivity contribution in [3.63, 3.8) is 0 Å². The van der Waals surface area contributed by atoms with Crippen molar-refractivity contribution in [3.05, 3.63) is 53.6 Å². The topological polar surface area (TPSA) is 68.8 Å². The van der Waals surface area contributed by atoms with Gasteiger partial charge in [-0.15, -0.1) is 0 Å². The second-order valence-electron chi connectivity index (χ2n) is 6.73. The SMILES string of the molecule is COc1ccc(C2(CNC(=O)NCc3ccc(OC)c(OC)c3)CC2)cc1. The Labute approximate surface area is 159 Å². The fourth-order valence-electron chi connectivity index (χ4n) is 3.15. The van der Waals surface area contributed by atoms with Crippen molar-refractivity contribution in [2.24, 2.45) is 0 Å². The molecule has 0 radical (unpaired) electrons. The summed E-state index contributed by atoms with van der Waals surface area (Å²) in [6, 6.07) is 13.5. The fourth-order valence-corrected chi connectivity index (χ4v) is 3.15. The van der Waals surface area contributed by atoms with E-state index >= 15 is 0 Å². The average molecular weight is 370 g/mol. The zero-order valence-electron chi connectivity index (χ0n) is 16.0. The van der Waals surface area contributed by atoms with E-state index in [-0.39, 0.29) is 11.4 Å². The van der Waals surface area contributed by atoms with Crippen molar-refractivity contribution in [2.45, 2.75) is 24.8 Å². The summed E-state index contributed by atoms with van der Waals surface area (Å²) in [6.07, 6.45) is 2.16. The minimum atomic E-state index is -0.176. The quantitative estimate of drug-likeness (QED) is 0.748. The van der Waals surface area contributed by atoms with E-state index in [0.29, 0.717) is 24.6 Å². The molecule has 2 amide bonds. The van der Waals surface area contributed by atoms with Crippen LogP contribution in [0.15, 0.2) is 42.5 Å². The van der Waals surface area contributed by atoms with Gasteiger partial charge in [-0.3, -0.25) is 0 Å². The maximum atomic E-state index is 12.2. The number of benzene rings is 2. The van der Waals surface area contributed by atoms with Crippen LogP contribution in [0.5, 0.6) is 17.2 Å². The van der Waals surface area contributed by atoms with Crippen LogP contribution in [-0.2, 0) is 12.0 Å². The summed E-state index contributed by atoms with van der Waals surface area (Å²) in [6.45, 7) is 1.04. The van der Waals surface area contributed by atoms with Gasteiger partial charge in [-0.1, -0.05) is 18.2 Å². The molecule has 1 aliphatic carbocycles. The molecular formula is C21H26N2O4. The monoisotopic (exact) mass is 370 g/mol. The summed E-state index contributed by atoms with van der Waals surface area (Å²) in [5, 5.41) is 5.89. The van der Waals surface area contributed by atoms with E-state index in [1.165, 1.54) is 5.56 Å². The average Bonchev–Trinajstić information content (AvgIpc) is 3.51. The maximum absolute atomic E-state index is 12.2. The fraction of sp³-hybridized carbons (Fsp3) is 0.381. The van der Waals surface area contributed by atoms with Crippen molar-refractivity contribution in [1.29, 1.82) is 0 Å².